The van der Waals surface area contributed by atoms with Crippen molar-refractivity contribution in [1.29, 1.82) is 0 Å². The van der Waals surface area contributed by atoms with Crippen LogP contribution >= 0.6 is 22.9 Å². The summed E-state index contributed by atoms with van der Waals surface area (Å²) in [6.45, 7) is 9.11. The van der Waals surface area contributed by atoms with Crippen LogP contribution in [0.5, 0.6) is 0 Å². The molecule has 0 saturated heterocycles. The van der Waals surface area contributed by atoms with Gasteiger partial charge in [0.2, 0.25) is 0 Å². The van der Waals surface area contributed by atoms with Gasteiger partial charge in [0.15, 0.2) is 0 Å². The number of rotatable bonds is 5. The van der Waals surface area contributed by atoms with Gasteiger partial charge in [0.25, 0.3) is 0 Å². The number of hydrogen-bond donors (Lipinski definition) is 2. The Hall–Kier alpha value is -0.0900. The first-order chi connectivity index (χ1) is 7.78. The van der Waals surface area contributed by atoms with Crippen molar-refractivity contribution in [2.24, 2.45) is 5.41 Å². The average molecular weight is 276 g/mol. The van der Waals surface area contributed by atoms with Crippen molar-refractivity contribution in [3.63, 3.8) is 0 Å². The maximum Gasteiger partial charge on any atom is 0.0931 e. The summed E-state index contributed by atoms with van der Waals surface area (Å²) in [6.07, 6.45) is 0.503. The van der Waals surface area contributed by atoms with E-state index in [4.69, 9.17) is 11.6 Å². The minimum atomic E-state index is -0.299. The molecule has 0 aliphatic rings. The fraction of sp³-hybridized carbons (Fsp3) is 0.692. The van der Waals surface area contributed by atoms with E-state index in [1.54, 1.807) is 0 Å². The molecule has 17 heavy (non-hydrogen) atoms. The third kappa shape index (κ3) is 5.87. The summed E-state index contributed by atoms with van der Waals surface area (Å²) in [5.41, 5.74) is 1.35. The summed E-state index contributed by atoms with van der Waals surface area (Å²) in [6, 6.07) is 2.20. The van der Waals surface area contributed by atoms with E-state index in [-0.39, 0.29) is 17.6 Å². The molecule has 0 bridgehead atoms. The maximum absolute atomic E-state index is 9.90. The van der Waals surface area contributed by atoms with E-state index in [0.717, 1.165) is 10.8 Å². The molecule has 0 fully saturated rings. The van der Waals surface area contributed by atoms with Crippen LogP contribution in [0.25, 0.3) is 0 Å². The number of hydrogen-bond acceptors (Lipinski definition) is 3. The van der Waals surface area contributed by atoms with Gasteiger partial charge < -0.3 is 10.4 Å². The fourth-order valence-electron chi connectivity index (χ4n) is 1.76. The Morgan fingerprint density at radius 1 is 1.47 bits per heavy atom. The van der Waals surface area contributed by atoms with E-state index in [1.165, 1.54) is 16.9 Å². The van der Waals surface area contributed by atoms with Crippen LogP contribution in [0.15, 0.2) is 11.4 Å². The second-order valence-corrected chi connectivity index (χ2v) is 7.28. The van der Waals surface area contributed by atoms with Crippen molar-refractivity contribution in [2.75, 3.05) is 6.54 Å². The molecule has 0 aliphatic carbocycles. The van der Waals surface area contributed by atoms with Crippen molar-refractivity contribution in [3.05, 3.63) is 21.3 Å². The highest BCUT2D eigenvalue weighted by Gasteiger charge is 2.17. The molecule has 2 unspecified atom stereocenters. The van der Waals surface area contributed by atoms with E-state index in [1.807, 2.05) is 6.07 Å². The molecule has 2 nitrogen and oxygen atoms in total. The number of aliphatic hydroxyl groups excluding tert-OH is 1. The van der Waals surface area contributed by atoms with Crippen LogP contribution in [0, 0.1) is 5.41 Å². The predicted octanol–water partition coefficient (Wildman–Crippen LogP) is 3.85. The van der Waals surface area contributed by atoms with Gasteiger partial charge in [-0.3, -0.25) is 0 Å². The van der Waals surface area contributed by atoms with Crippen LogP contribution < -0.4 is 5.32 Å². The average Bonchev–Trinajstić information content (AvgIpc) is 2.58. The van der Waals surface area contributed by atoms with Gasteiger partial charge in [-0.25, -0.2) is 0 Å². The number of aliphatic hydroxyl groups is 1. The molecule has 1 heterocycles. The molecule has 0 saturated carbocycles. The van der Waals surface area contributed by atoms with E-state index < -0.39 is 0 Å². The van der Waals surface area contributed by atoms with E-state index in [0.29, 0.717) is 6.54 Å². The first-order valence-corrected chi connectivity index (χ1v) is 7.19. The van der Waals surface area contributed by atoms with Crippen molar-refractivity contribution in [3.8, 4) is 0 Å². The zero-order valence-corrected chi connectivity index (χ0v) is 12.5. The summed E-state index contributed by atoms with van der Waals surface area (Å²) >= 11 is 7.44. The van der Waals surface area contributed by atoms with Crippen LogP contribution in [-0.2, 0) is 0 Å². The van der Waals surface area contributed by atoms with Gasteiger partial charge >= 0.3 is 0 Å². The summed E-state index contributed by atoms with van der Waals surface area (Å²) in [5.74, 6) is 0. The highest BCUT2D eigenvalue weighted by Crippen LogP contribution is 2.25. The molecule has 98 valence electrons. The molecule has 1 rings (SSSR count). The Morgan fingerprint density at radius 3 is 2.59 bits per heavy atom. The molecular weight excluding hydrogens is 254 g/mol. The molecule has 0 spiro atoms. The standard InChI is InChI=1S/C13H22ClNOS/c1-9(10-5-12(14)17-8-10)15-7-11(16)6-13(2,3)4/h5,8-9,11,15-16H,6-7H2,1-4H3. The molecule has 1 aromatic rings. The molecular formula is C13H22ClNOS. The van der Waals surface area contributed by atoms with Gasteiger partial charge in [-0.15, -0.1) is 11.3 Å². The molecule has 0 aliphatic heterocycles. The van der Waals surface area contributed by atoms with Gasteiger partial charge in [-0.1, -0.05) is 32.4 Å². The normalized spacial score (nSPS) is 15.9. The van der Waals surface area contributed by atoms with Gasteiger partial charge in [0, 0.05) is 12.6 Å². The molecule has 2 atom stereocenters. The Balaban J connectivity index is 2.35. The molecule has 0 radical (unpaired) electrons. The SMILES string of the molecule is CC(NCC(O)CC(C)(C)C)c1csc(Cl)c1. The zero-order chi connectivity index (χ0) is 13.1. The second kappa shape index (κ2) is 6.19. The molecule has 4 heteroatoms. The minimum absolute atomic E-state index is 0.163. The van der Waals surface area contributed by atoms with Crippen molar-refractivity contribution < 1.29 is 5.11 Å². The Kier molecular flexibility index (Phi) is 5.45. The van der Waals surface area contributed by atoms with E-state index in [2.05, 4.69) is 38.4 Å². The Labute approximate surface area is 113 Å². The third-order valence-electron chi connectivity index (χ3n) is 2.60. The van der Waals surface area contributed by atoms with Crippen molar-refractivity contribution in [1.82, 2.24) is 5.32 Å². The van der Waals surface area contributed by atoms with Crippen molar-refractivity contribution >= 4 is 22.9 Å². The largest absolute Gasteiger partial charge is 0.392 e. The molecule has 2 N–H and O–H groups in total. The molecule has 1 aromatic heterocycles. The quantitative estimate of drug-likeness (QED) is 0.856. The van der Waals surface area contributed by atoms with Crippen LogP contribution in [0.1, 0.15) is 45.7 Å². The topological polar surface area (TPSA) is 32.3 Å². The monoisotopic (exact) mass is 275 g/mol. The summed E-state index contributed by atoms with van der Waals surface area (Å²) < 4.78 is 0.809. The first-order valence-electron chi connectivity index (χ1n) is 5.93. The lowest BCUT2D eigenvalue weighted by Gasteiger charge is -2.23. The Morgan fingerprint density at radius 2 is 2.12 bits per heavy atom. The lowest BCUT2D eigenvalue weighted by atomic mass is 9.89. The molecule has 0 amide bonds. The number of halogens is 1. The third-order valence-corrected chi connectivity index (χ3v) is 3.70. The second-order valence-electron chi connectivity index (χ2n) is 5.73. The van der Waals surface area contributed by atoms with Crippen LogP contribution in [0.4, 0.5) is 0 Å². The highest BCUT2D eigenvalue weighted by molar-refractivity contribution is 7.14. The summed E-state index contributed by atoms with van der Waals surface area (Å²) in [4.78, 5) is 0. The van der Waals surface area contributed by atoms with Crippen LogP contribution in [0.2, 0.25) is 4.34 Å². The summed E-state index contributed by atoms with van der Waals surface area (Å²) in [7, 11) is 0. The lowest BCUT2D eigenvalue weighted by Crippen LogP contribution is -2.31. The van der Waals surface area contributed by atoms with Gasteiger partial charge in [-0.05, 0) is 35.8 Å². The smallest absolute Gasteiger partial charge is 0.0931 e. The predicted molar refractivity (Wildman–Crippen MR) is 75.8 cm³/mol. The van der Waals surface area contributed by atoms with Crippen molar-refractivity contribution in [2.45, 2.75) is 46.3 Å². The fourth-order valence-corrected chi connectivity index (χ4v) is 2.74. The van der Waals surface area contributed by atoms with Crippen LogP contribution in [-0.4, -0.2) is 17.8 Å². The number of thiophene rings is 1. The van der Waals surface area contributed by atoms with Gasteiger partial charge in [0.05, 0.1) is 10.4 Å². The van der Waals surface area contributed by atoms with Gasteiger partial charge in [0.1, 0.15) is 0 Å². The van der Waals surface area contributed by atoms with Gasteiger partial charge in [-0.2, -0.15) is 0 Å². The first kappa shape index (κ1) is 15.0. The Bertz CT molecular complexity index is 345. The zero-order valence-electron chi connectivity index (χ0n) is 11.0. The minimum Gasteiger partial charge on any atom is -0.392 e. The maximum atomic E-state index is 9.90. The highest BCUT2D eigenvalue weighted by atomic mass is 35.5. The molecule has 0 aromatic carbocycles. The van der Waals surface area contributed by atoms with E-state index >= 15 is 0 Å². The van der Waals surface area contributed by atoms with Crippen LogP contribution in [0.3, 0.4) is 0 Å². The number of nitrogens with one attached hydrogen (secondary N) is 1. The lowest BCUT2D eigenvalue weighted by molar-refractivity contribution is 0.117. The van der Waals surface area contributed by atoms with E-state index in [9.17, 15) is 5.11 Å². The summed E-state index contributed by atoms with van der Waals surface area (Å²) in [5, 5.41) is 15.3.